The normalized spacial score (nSPS) is 22.4. The Morgan fingerprint density at radius 3 is 3.05 bits per heavy atom. The number of nitrogens with zero attached hydrogens (tertiary/aromatic N) is 1. The zero-order chi connectivity index (χ0) is 14.5. The third-order valence-electron chi connectivity index (χ3n) is 3.41. The van der Waals surface area contributed by atoms with Crippen molar-refractivity contribution in [2.45, 2.75) is 38.5 Å². The van der Waals surface area contributed by atoms with Crippen molar-refractivity contribution >= 4 is 6.03 Å². The molecule has 2 N–H and O–H groups in total. The molecule has 1 aliphatic rings. The Bertz CT molecular complexity index is 419. The van der Waals surface area contributed by atoms with E-state index in [0.717, 1.165) is 5.76 Å². The van der Waals surface area contributed by atoms with Gasteiger partial charge in [0.15, 0.2) is 0 Å². The van der Waals surface area contributed by atoms with Crippen LogP contribution in [0.25, 0.3) is 0 Å². The smallest absolute Gasteiger partial charge is 0.318 e. The molecule has 1 fully saturated rings. The predicted molar refractivity (Wildman–Crippen MR) is 73.3 cm³/mol. The molecule has 2 amide bonds. The first kappa shape index (κ1) is 14.9. The van der Waals surface area contributed by atoms with Crippen molar-refractivity contribution < 1.29 is 19.1 Å². The van der Waals surface area contributed by atoms with Gasteiger partial charge in [0.1, 0.15) is 5.76 Å². The maximum absolute atomic E-state index is 12.3. The zero-order valence-electron chi connectivity index (χ0n) is 11.9. The maximum atomic E-state index is 12.3. The lowest BCUT2D eigenvalue weighted by Crippen LogP contribution is -2.53. The van der Waals surface area contributed by atoms with Crippen LogP contribution in [0, 0.1) is 0 Å². The van der Waals surface area contributed by atoms with Crippen molar-refractivity contribution in [2.24, 2.45) is 0 Å². The third-order valence-corrected chi connectivity index (χ3v) is 3.41. The molecule has 20 heavy (non-hydrogen) atoms. The highest BCUT2D eigenvalue weighted by atomic mass is 16.5. The number of amides is 2. The average molecular weight is 282 g/mol. The van der Waals surface area contributed by atoms with Gasteiger partial charge in [0.2, 0.25) is 0 Å². The van der Waals surface area contributed by atoms with Gasteiger partial charge in [-0.25, -0.2) is 4.79 Å². The number of aliphatic hydroxyl groups is 1. The molecule has 0 saturated carbocycles. The summed E-state index contributed by atoms with van der Waals surface area (Å²) in [6.07, 6.45) is 1.64. The van der Waals surface area contributed by atoms with Crippen LogP contribution in [0.5, 0.6) is 0 Å². The van der Waals surface area contributed by atoms with Gasteiger partial charge < -0.3 is 24.5 Å². The number of urea groups is 1. The van der Waals surface area contributed by atoms with Gasteiger partial charge in [0.25, 0.3) is 0 Å². The number of aliphatic hydroxyl groups excluding tert-OH is 1. The van der Waals surface area contributed by atoms with E-state index in [4.69, 9.17) is 9.15 Å². The molecule has 0 radical (unpaired) electrons. The van der Waals surface area contributed by atoms with E-state index < -0.39 is 6.10 Å². The fourth-order valence-electron chi connectivity index (χ4n) is 2.39. The molecule has 0 aliphatic carbocycles. The van der Waals surface area contributed by atoms with E-state index in [-0.39, 0.29) is 18.1 Å². The number of carbonyl (C=O) groups excluding carboxylic acids is 1. The first-order chi connectivity index (χ1) is 9.58. The minimum absolute atomic E-state index is 0.0902. The van der Waals surface area contributed by atoms with Crippen molar-refractivity contribution in [2.75, 3.05) is 19.8 Å². The molecule has 0 spiro atoms. The first-order valence-corrected chi connectivity index (χ1v) is 6.94. The summed E-state index contributed by atoms with van der Waals surface area (Å²) in [6, 6.07) is 3.20. The fraction of sp³-hybridized carbons (Fsp3) is 0.643. The van der Waals surface area contributed by atoms with Crippen LogP contribution in [-0.4, -0.2) is 47.9 Å². The van der Waals surface area contributed by atoms with E-state index in [0.29, 0.717) is 26.2 Å². The van der Waals surface area contributed by atoms with Gasteiger partial charge >= 0.3 is 6.03 Å². The first-order valence-electron chi connectivity index (χ1n) is 6.94. The number of carbonyl (C=O) groups is 1. The third kappa shape index (κ3) is 3.74. The SMILES string of the molecule is C[C@H](O)C[C@@H]1COCCN1C(=O)N[C@@H](C)c1ccco1. The van der Waals surface area contributed by atoms with Gasteiger partial charge in [-0.3, -0.25) is 0 Å². The summed E-state index contributed by atoms with van der Waals surface area (Å²) in [5.74, 6) is 0.721. The summed E-state index contributed by atoms with van der Waals surface area (Å²) < 4.78 is 10.7. The summed E-state index contributed by atoms with van der Waals surface area (Å²) >= 11 is 0. The second kappa shape index (κ2) is 6.76. The topological polar surface area (TPSA) is 74.9 Å². The zero-order valence-corrected chi connectivity index (χ0v) is 11.9. The maximum Gasteiger partial charge on any atom is 0.318 e. The lowest BCUT2D eigenvalue weighted by atomic mass is 10.1. The summed E-state index contributed by atoms with van der Waals surface area (Å²) in [6.45, 7) is 5.12. The van der Waals surface area contributed by atoms with Crippen LogP contribution < -0.4 is 5.32 Å². The molecule has 6 heteroatoms. The van der Waals surface area contributed by atoms with Gasteiger partial charge in [0.05, 0.1) is 37.7 Å². The molecule has 1 aliphatic heterocycles. The number of hydrogen-bond acceptors (Lipinski definition) is 4. The number of furan rings is 1. The van der Waals surface area contributed by atoms with Crippen molar-refractivity contribution in [1.82, 2.24) is 10.2 Å². The molecule has 2 heterocycles. The van der Waals surface area contributed by atoms with Crippen LogP contribution in [0.15, 0.2) is 22.8 Å². The molecule has 1 aromatic rings. The van der Waals surface area contributed by atoms with E-state index in [9.17, 15) is 9.90 Å². The van der Waals surface area contributed by atoms with E-state index in [1.807, 2.05) is 13.0 Å². The standard InChI is InChI=1S/C14H22N2O4/c1-10(17)8-12-9-19-7-5-16(12)14(18)15-11(2)13-4-3-6-20-13/h3-4,6,10-12,17H,5,7-9H2,1-2H3,(H,15,18)/t10-,11-,12+/m0/s1. The van der Waals surface area contributed by atoms with Gasteiger partial charge in [-0.2, -0.15) is 0 Å². The van der Waals surface area contributed by atoms with E-state index >= 15 is 0 Å². The molecule has 2 rings (SSSR count). The second-order valence-electron chi connectivity index (χ2n) is 5.19. The number of hydrogen-bond donors (Lipinski definition) is 2. The largest absolute Gasteiger partial charge is 0.467 e. The Balaban J connectivity index is 1.95. The van der Waals surface area contributed by atoms with Crippen molar-refractivity contribution in [1.29, 1.82) is 0 Å². The van der Waals surface area contributed by atoms with Crippen LogP contribution in [0.3, 0.4) is 0 Å². The van der Waals surface area contributed by atoms with Gasteiger partial charge in [-0.15, -0.1) is 0 Å². The number of morpholine rings is 1. The molecule has 0 unspecified atom stereocenters. The molecule has 0 aromatic carbocycles. The molecule has 112 valence electrons. The minimum atomic E-state index is -0.459. The van der Waals surface area contributed by atoms with Gasteiger partial charge in [0, 0.05) is 6.54 Å². The summed E-state index contributed by atoms with van der Waals surface area (Å²) in [5.41, 5.74) is 0. The van der Waals surface area contributed by atoms with E-state index in [1.165, 1.54) is 0 Å². The molecular formula is C14H22N2O4. The Kier molecular flexibility index (Phi) is 5.03. The van der Waals surface area contributed by atoms with Gasteiger partial charge in [-0.1, -0.05) is 0 Å². The van der Waals surface area contributed by atoms with Crippen molar-refractivity contribution in [3.8, 4) is 0 Å². The monoisotopic (exact) mass is 282 g/mol. The highest BCUT2D eigenvalue weighted by Gasteiger charge is 2.29. The Hall–Kier alpha value is -1.53. The van der Waals surface area contributed by atoms with Crippen LogP contribution >= 0.6 is 0 Å². The van der Waals surface area contributed by atoms with E-state index in [1.54, 1.807) is 24.2 Å². The van der Waals surface area contributed by atoms with Crippen molar-refractivity contribution in [3.63, 3.8) is 0 Å². The average Bonchev–Trinajstić information content (AvgIpc) is 2.92. The Labute approximate surface area is 118 Å². The minimum Gasteiger partial charge on any atom is -0.467 e. The number of ether oxygens (including phenoxy) is 1. The highest BCUT2D eigenvalue weighted by molar-refractivity contribution is 5.75. The number of nitrogens with one attached hydrogen (secondary N) is 1. The van der Waals surface area contributed by atoms with E-state index in [2.05, 4.69) is 5.32 Å². The molecule has 1 aromatic heterocycles. The van der Waals surface area contributed by atoms with Gasteiger partial charge in [-0.05, 0) is 32.4 Å². The van der Waals surface area contributed by atoms with Crippen LogP contribution in [0.4, 0.5) is 4.79 Å². The Morgan fingerprint density at radius 2 is 2.40 bits per heavy atom. The quantitative estimate of drug-likeness (QED) is 0.878. The summed E-state index contributed by atoms with van der Waals surface area (Å²) in [4.78, 5) is 14.1. The molecule has 0 bridgehead atoms. The fourth-order valence-corrected chi connectivity index (χ4v) is 2.39. The predicted octanol–water partition coefficient (Wildman–Crippen LogP) is 1.52. The molecule has 3 atom stereocenters. The summed E-state index contributed by atoms with van der Waals surface area (Å²) in [7, 11) is 0. The molecule has 1 saturated heterocycles. The lowest BCUT2D eigenvalue weighted by Gasteiger charge is -2.36. The molecule has 6 nitrogen and oxygen atoms in total. The van der Waals surface area contributed by atoms with Crippen LogP contribution in [0.1, 0.15) is 32.1 Å². The number of rotatable bonds is 4. The van der Waals surface area contributed by atoms with Crippen LogP contribution in [-0.2, 0) is 4.74 Å². The lowest BCUT2D eigenvalue weighted by molar-refractivity contribution is -0.00484. The molecular weight excluding hydrogens is 260 g/mol. The Morgan fingerprint density at radius 1 is 1.60 bits per heavy atom. The van der Waals surface area contributed by atoms with Crippen LogP contribution in [0.2, 0.25) is 0 Å². The second-order valence-corrected chi connectivity index (χ2v) is 5.19. The van der Waals surface area contributed by atoms with Crippen molar-refractivity contribution in [3.05, 3.63) is 24.2 Å². The highest BCUT2D eigenvalue weighted by Crippen LogP contribution is 2.16. The summed E-state index contributed by atoms with van der Waals surface area (Å²) in [5, 5.41) is 12.4.